The number of nitrogens with zero attached hydrogens (tertiary/aromatic N) is 4. The molecule has 1 atom stereocenters. The molecule has 0 bridgehead atoms. The van der Waals surface area contributed by atoms with Gasteiger partial charge in [-0.25, -0.2) is 4.39 Å². The molecule has 10 heteroatoms. The van der Waals surface area contributed by atoms with E-state index in [9.17, 15) is 10.5 Å². The molecule has 0 amide bonds. The first-order valence-electron chi connectivity index (χ1n) is 12.8. The molecule has 1 aliphatic carbocycles. The summed E-state index contributed by atoms with van der Waals surface area (Å²) in [6.45, 7) is 9.02. The monoisotopic (exact) mass is 544 g/mol. The van der Waals surface area contributed by atoms with E-state index in [-0.39, 0.29) is 21.5 Å². The van der Waals surface area contributed by atoms with E-state index in [1.807, 2.05) is 17.3 Å². The minimum atomic E-state index is -0.708. The number of rotatable bonds is 7. The van der Waals surface area contributed by atoms with E-state index in [1.54, 1.807) is 18.2 Å². The molecular formula is C29H30ClFN8. The van der Waals surface area contributed by atoms with E-state index in [4.69, 9.17) is 11.6 Å². The van der Waals surface area contributed by atoms with Crippen LogP contribution in [0.3, 0.4) is 0 Å². The van der Waals surface area contributed by atoms with Crippen LogP contribution >= 0.6 is 11.6 Å². The first-order chi connectivity index (χ1) is 18.5. The number of anilines is 2. The molecule has 4 N–H and O–H groups in total. The molecule has 2 aromatic carbocycles. The van der Waals surface area contributed by atoms with Crippen molar-refractivity contribution < 1.29 is 4.39 Å². The Morgan fingerprint density at radius 2 is 1.95 bits per heavy atom. The van der Waals surface area contributed by atoms with Crippen molar-refractivity contribution in [1.82, 2.24) is 21.0 Å². The maximum absolute atomic E-state index is 15.3. The van der Waals surface area contributed by atoms with Gasteiger partial charge in [-0.05, 0) is 49.4 Å². The minimum Gasteiger partial charge on any atom is -0.383 e. The number of fused-ring (bicyclic) bond motifs is 1. The maximum atomic E-state index is 15.3. The Bertz CT molecular complexity index is 1540. The van der Waals surface area contributed by atoms with Gasteiger partial charge in [0.25, 0.3) is 0 Å². The number of hydrazine groups is 2. The lowest BCUT2D eigenvalue weighted by Gasteiger charge is -2.24. The predicted molar refractivity (Wildman–Crippen MR) is 151 cm³/mol. The van der Waals surface area contributed by atoms with E-state index in [1.165, 1.54) is 12.3 Å². The Kier molecular flexibility index (Phi) is 6.76. The second kappa shape index (κ2) is 9.92. The van der Waals surface area contributed by atoms with Crippen molar-refractivity contribution in [1.29, 1.82) is 10.5 Å². The number of halogens is 2. The minimum absolute atomic E-state index is 0.0117. The number of nitrogens with one attached hydrogen (secondary N) is 4. The summed E-state index contributed by atoms with van der Waals surface area (Å²) in [7, 11) is 0. The van der Waals surface area contributed by atoms with E-state index in [0.29, 0.717) is 45.6 Å². The summed E-state index contributed by atoms with van der Waals surface area (Å²) < 4.78 is 15.3. The average Bonchev–Trinajstić information content (AvgIpc) is 3.44. The van der Waals surface area contributed by atoms with Crippen molar-refractivity contribution >= 4 is 33.9 Å². The zero-order valence-electron chi connectivity index (χ0n) is 22.3. The van der Waals surface area contributed by atoms with E-state index < -0.39 is 11.9 Å². The third-order valence-electron chi connectivity index (χ3n) is 7.06. The van der Waals surface area contributed by atoms with Gasteiger partial charge in [-0.3, -0.25) is 9.99 Å². The Hall–Kier alpha value is -4.05. The number of hydrogen-bond donors (Lipinski definition) is 4. The third-order valence-corrected chi connectivity index (χ3v) is 7.39. The molecule has 0 saturated heterocycles. The molecule has 0 radical (unpaired) electrons. The highest BCUT2D eigenvalue weighted by molar-refractivity contribution is 6.31. The molecule has 3 aromatic rings. The van der Waals surface area contributed by atoms with E-state index >= 15 is 4.39 Å². The van der Waals surface area contributed by atoms with Gasteiger partial charge in [-0.15, -0.1) is 5.53 Å². The van der Waals surface area contributed by atoms with Crippen LogP contribution in [-0.4, -0.2) is 22.1 Å². The smallest absolute Gasteiger partial charge is 0.130 e. The van der Waals surface area contributed by atoms with Gasteiger partial charge < -0.3 is 16.1 Å². The standard InChI is InChI=1S/C29H30ClFN8/c1-28(2,3)16-35-26-18(13-33)14-34-25-17(12-32)10-19(11-20(25)26)36-27(24-21(30)6-5-7-22(24)31)23-15-39(38-37-23)29(4)8-9-29/h5-7,10-11,14-15,27,36-38H,8-9,16H2,1-4H3,(H,34,35). The topological polar surface area (TPSA) is 112 Å². The molecule has 8 nitrogen and oxygen atoms in total. The molecule has 1 fully saturated rings. The van der Waals surface area contributed by atoms with Crippen LogP contribution in [0, 0.1) is 33.9 Å². The van der Waals surface area contributed by atoms with Crippen LogP contribution in [0.2, 0.25) is 5.02 Å². The fourth-order valence-electron chi connectivity index (χ4n) is 4.55. The van der Waals surface area contributed by atoms with E-state index in [2.05, 4.69) is 66.4 Å². The summed E-state index contributed by atoms with van der Waals surface area (Å²) in [5.41, 5.74) is 9.56. The zero-order chi connectivity index (χ0) is 27.9. The van der Waals surface area contributed by atoms with Crippen molar-refractivity contribution in [3.8, 4) is 12.1 Å². The van der Waals surface area contributed by atoms with Crippen molar-refractivity contribution in [2.45, 2.75) is 52.1 Å². The Morgan fingerprint density at radius 3 is 2.59 bits per heavy atom. The van der Waals surface area contributed by atoms with Crippen LogP contribution in [0.4, 0.5) is 15.8 Å². The van der Waals surface area contributed by atoms with Gasteiger partial charge in [-0.1, -0.05) is 38.4 Å². The molecular weight excluding hydrogens is 515 g/mol. The number of pyridine rings is 1. The number of aromatic nitrogens is 1. The van der Waals surface area contributed by atoms with Gasteiger partial charge in [0.05, 0.1) is 39.6 Å². The lowest BCUT2D eigenvalue weighted by atomic mass is 9.96. The van der Waals surface area contributed by atoms with Crippen LogP contribution < -0.4 is 21.6 Å². The van der Waals surface area contributed by atoms with Crippen molar-refractivity contribution in [3.63, 3.8) is 0 Å². The molecule has 0 spiro atoms. The highest BCUT2D eigenvalue weighted by Crippen LogP contribution is 2.43. The normalized spacial score (nSPS) is 16.6. The van der Waals surface area contributed by atoms with Crippen LogP contribution in [0.5, 0.6) is 0 Å². The summed E-state index contributed by atoms with van der Waals surface area (Å²) in [6, 6.07) is 11.8. The number of benzene rings is 2. The second-order valence-electron chi connectivity index (χ2n) is 11.5. The molecule has 2 heterocycles. The third kappa shape index (κ3) is 5.29. The SMILES string of the molecule is CC(C)(C)CNc1c(C#N)cnc2c(C#N)cc(NC(C3=CN(C4(C)CC4)NN3)c3c(F)cccc3Cl)cc12. The second-order valence-corrected chi connectivity index (χ2v) is 11.9. The van der Waals surface area contributed by atoms with Crippen molar-refractivity contribution in [3.05, 3.63) is 76.0 Å². The largest absolute Gasteiger partial charge is 0.383 e. The Balaban J connectivity index is 1.63. The first-order valence-corrected chi connectivity index (χ1v) is 13.1. The van der Waals surface area contributed by atoms with Crippen LogP contribution in [0.1, 0.15) is 63.3 Å². The quantitative estimate of drug-likeness (QED) is 0.282. The van der Waals surface area contributed by atoms with Crippen LogP contribution in [0.25, 0.3) is 10.9 Å². The summed E-state index contributed by atoms with van der Waals surface area (Å²) >= 11 is 6.53. The average molecular weight is 545 g/mol. The molecule has 5 rings (SSSR count). The lowest BCUT2D eigenvalue weighted by molar-refractivity contribution is 0.190. The molecule has 1 aliphatic heterocycles. The van der Waals surface area contributed by atoms with Gasteiger partial charge in [-0.2, -0.15) is 10.5 Å². The zero-order valence-corrected chi connectivity index (χ0v) is 23.0. The number of nitriles is 2. The van der Waals surface area contributed by atoms with Gasteiger partial charge in [0, 0.05) is 40.6 Å². The molecule has 200 valence electrons. The van der Waals surface area contributed by atoms with Crippen molar-refractivity contribution in [2.75, 3.05) is 17.2 Å². The maximum Gasteiger partial charge on any atom is 0.130 e. The summed E-state index contributed by atoms with van der Waals surface area (Å²) in [5.74, 6) is -0.457. The molecule has 1 saturated carbocycles. The van der Waals surface area contributed by atoms with Gasteiger partial charge in [0.15, 0.2) is 0 Å². The number of hydrogen-bond acceptors (Lipinski definition) is 8. The first kappa shape index (κ1) is 26.6. The summed E-state index contributed by atoms with van der Waals surface area (Å²) in [4.78, 5) is 4.42. The molecule has 39 heavy (non-hydrogen) atoms. The van der Waals surface area contributed by atoms with Crippen LogP contribution in [-0.2, 0) is 0 Å². The van der Waals surface area contributed by atoms with Gasteiger partial charge in [0.2, 0.25) is 0 Å². The fraction of sp³-hybridized carbons (Fsp3) is 0.345. The summed E-state index contributed by atoms with van der Waals surface area (Å²) in [6.07, 6.45) is 5.48. The van der Waals surface area contributed by atoms with Gasteiger partial charge in [0.1, 0.15) is 18.0 Å². The highest BCUT2D eigenvalue weighted by Gasteiger charge is 2.45. The molecule has 2 aliphatic rings. The van der Waals surface area contributed by atoms with Crippen LogP contribution in [0.15, 0.2) is 48.4 Å². The molecule has 1 unspecified atom stereocenters. The molecule has 1 aromatic heterocycles. The van der Waals surface area contributed by atoms with Crippen molar-refractivity contribution in [2.24, 2.45) is 5.41 Å². The van der Waals surface area contributed by atoms with Gasteiger partial charge >= 0.3 is 0 Å². The van der Waals surface area contributed by atoms with E-state index in [0.717, 1.165) is 12.8 Å². The fourth-order valence-corrected chi connectivity index (χ4v) is 4.82. The Labute approximate surface area is 232 Å². The predicted octanol–water partition coefficient (Wildman–Crippen LogP) is 6.10. The highest BCUT2D eigenvalue weighted by atomic mass is 35.5. The Morgan fingerprint density at radius 1 is 1.21 bits per heavy atom. The lowest BCUT2D eigenvalue weighted by Crippen LogP contribution is -2.43. The summed E-state index contributed by atoms with van der Waals surface area (Å²) in [5, 5.41) is 29.5.